The van der Waals surface area contributed by atoms with E-state index in [-0.39, 0.29) is 6.42 Å². The van der Waals surface area contributed by atoms with E-state index in [1.807, 2.05) is 31.2 Å². The molecule has 5 heteroatoms. The zero-order valence-corrected chi connectivity index (χ0v) is 13.0. The second-order valence-electron chi connectivity index (χ2n) is 5.60. The lowest BCUT2D eigenvalue weighted by molar-refractivity contribution is -0.108. The molecule has 0 aromatic heterocycles. The molecule has 0 aliphatic rings. The third-order valence-corrected chi connectivity index (χ3v) is 2.62. The van der Waals surface area contributed by atoms with E-state index in [1.54, 1.807) is 20.8 Å². The van der Waals surface area contributed by atoms with Crippen molar-refractivity contribution in [1.82, 2.24) is 5.32 Å². The zero-order valence-electron chi connectivity index (χ0n) is 13.0. The van der Waals surface area contributed by atoms with Crippen LogP contribution in [-0.4, -0.2) is 24.6 Å². The van der Waals surface area contributed by atoms with Gasteiger partial charge in [-0.15, -0.1) is 0 Å². The van der Waals surface area contributed by atoms with Gasteiger partial charge in [0, 0.05) is 6.42 Å². The van der Waals surface area contributed by atoms with Crippen LogP contribution in [0.3, 0.4) is 0 Å². The van der Waals surface area contributed by atoms with Crippen LogP contribution in [0.15, 0.2) is 24.3 Å². The molecule has 0 heterocycles. The molecule has 1 aromatic carbocycles. The summed E-state index contributed by atoms with van der Waals surface area (Å²) < 4.78 is 10.6. The number of amides is 1. The molecular formula is C16H23NO4. The molecule has 1 atom stereocenters. The molecule has 5 nitrogen and oxygen atoms in total. The number of benzene rings is 1. The Bertz CT molecular complexity index is 462. The van der Waals surface area contributed by atoms with Crippen molar-refractivity contribution >= 4 is 12.4 Å². The second kappa shape index (κ2) is 7.67. The molecule has 0 aliphatic carbocycles. The summed E-state index contributed by atoms with van der Waals surface area (Å²) in [6.07, 6.45) is 0.425. The first-order valence-corrected chi connectivity index (χ1v) is 7.01. The Morgan fingerprint density at radius 2 is 1.90 bits per heavy atom. The molecule has 0 aliphatic heterocycles. The fraction of sp³-hybridized carbons (Fsp3) is 0.500. The SMILES string of the molecule is CCOc1ccc([C@@H](CC=O)NC(=O)OC(C)(C)C)cc1. The molecule has 0 saturated heterocycles. The zero-order chi connectivity index (χ0) is 15.9. The summed E-state index contributed by atoms with van der Waals surface area (Å²) in [5.41, 5.74) is 0.255. The van der Waals surface area contributed by atoms with E-state index in [2.05, 4.69) is 5.32 Å². The molecule has 0 unspecified atom stereocenters. The van der Waals surface area contributed by atoms with E-state index in [9.17, 15) is 9.59 Å². The summed E-state index contributed by atoms with van der Waals surface area (Å²) in [6, 6.07) is 6.88. The van der Waals surface area contributed by atoms with Gasteiger partial charge in [0.2, 0.25) is 0 Å². The summed E-state index contributed by atoms with van der Waals surface area (Å²) in [5.74, 6) is 0.753. The summed E-state index contributed by atoms with van der Waals surface area (Å²) in [7, 11) is 0. The number of ether oxygens (including phenoxy) is 2. The number of carbonyl (C=O) groups is 2. The van der Waals surface area contributed by atoms with Crippen molar-refractivity contribution in [3.8, 4) is 5.75 Å². The Labute approximate surface area is 125 Å². The van der Waals surface area contributed by atoms with Gasteiger partial charge >= 0.3 is 6.09 Å². The topological polar surface area (TPSA) is 64.6 Å². The van der Waals surface area contributed by atoms with Crippen molar-refractivity contribution < 1.29 is 19.1 Å². The maximum absolute atomic E-state index is 11.8. The standard InChI is InChI=1S/C16H23NO4/c1-5-20-13-8-6-12(7-9-13)14(10-11-18)17-15(19)21-16(2,3)4/h6-9,11,14H,5,10H2,1-4H3,(H,17,19)/t14-/m1/s1. The summed E-state index contributed by atoms with van der Waals surface area (Å²) >= 11 is 0. The first kappa shape index (κ1) is 17.0. The van der Waals surface area contributed by atoms with Crippen molar-refractivity contribution in [2.45, 2.75) is 45.8 Å². The Morgan fingerprint density at radius 1 is 1.29 bits per heavy atom. The normalized spacial score (nSPS) is 12.4. The van der Waals surface area contributed by atoms with E-state index in [0.717, 1.165) is 17.6 Å². The lowest BCUT2D eigenvalue weighted by Gasteiger charge is -2.23. The minimum atomic E-state index is -0.575. The average molecular weight is 293 g/mol. The van der Waals surface area contributed by atoms with Crippen molar-refractivity contribution in [2.75, 3.05) is 6.61 Å². The quantitative estimate of drug-likeness (QED) is 0.818. The average Bonchev–Trinajstić information content (AvgIpc) is 2.37. The van der Waals surface area contributed by atoms with Gasteiger partial charge in [-0.05, 0) is 45.4 Å². The second-order valence-corrected chi connectivity index (χ2v) is 5.60. The van der Waals surface area contributed by atoms with Crippen LogP contribution in [0.4, 0.5) is 4.79 Å². The van der Waals surface area contributed by atoms with Gasteiger partial charge in [0.1, 0.15) is 17.6 Å². The van der Waals surface area contributed by atoms with Crippen molar-refractivity contribution in [3.05, 3.63) is 29.8 Å². The number of carbonyl (C=O) groups excluding carboxylic acids is 2. The van der Waals surface area contributed by atoms with Gasteiger partial charge in [-0.3, -0.25) is 0 Å². The number of aldehydes is 1. The Morgan fingerprint density at radius 3 is 2.38 bits per heavy atom. The number of rotatable bonds is 6. The van der Waals surface area contributed by atoms with E-state index in [4.69, 9.17) is 9.47 Å². The Kier molecular flexibility index (Phi) is 6.21. The lowest BCUT2D eigenvalue weighted by Crippen LogP contribution is -2.35. The van der Waals surface area contributed by atoms with Gasteiger partial charge in [-0.25, -0.2) is 4.79 Å². The summed E-state index contributed by atoms with van der Waals surface area (Å²) in [4.78, 5) is 22.6. The lowest BCUT2D eigenvalue weighted by atomic mass is 10.0. The highest BCUT2D eigenvalue weighted by molar-refractivity contribution is 5.69. The van der Waals surface area contributed by atoms with Crippen LogP contribution < -0.4 is 10.1 Å². The molecule has 1 aromatic rings. The van der Waals surface area contributed by atoms with Gasteiger partial charge in [0.25, 0.3) is 0 Å². The molecule has 1 amide bonds. The largest absolute Gasteiger partial charge is 0.494 e. The third-order valence-electron chi connectivity index (χ3n) is 2.62. The highest BCUT2D eigenvalue weighted by Crippen LogP contribution is 2.20. The molecule has 116 valence electrons. The maximum Gasteiger partial charge on any atom is 0.408 e. The molecule has 1 N–H and O–H groups in total. The maximum atomic E-state index is 11.8. The van der Waals surface area contributed by atoms with Crippen molar-refractivity contribution in [1.29, 1.82) is 0 Å². The van der Waals surface area contributed by atoms with Crippen LogP contribution in [0.1, 0.15) is 45.7 Å². The summed E-state index contributed by atoms with van der Waals surface area (Å²) in [6.45, 7) is 7.87. The van der Waals surface area contributed by atoms with Gasteiger partial charge < -0.3 is 19.6 Å². The van der Waals surface area contributed by atoms with Crippen LogP contribution in [0.25, 0.3) is 0 Å². The predicted octanol–water partition coefficient (Wildman–Crippen LogP) is 3.24. The molecule has 0 spiro atoms. The van der Waals surface area contributed by atoms with Gasteiger partial charge in [-0.1, -0.05) is 12.1 Å². The molecule has 1 rings (SSSR count). The van der Waals surface area contributed by atoms with Crippen LogP contribution in [0, 0.1) is 0 Å². The minimum absolute atomic E-state index is 0.188. The van der Waals surface area contributed by atoms with E-state index >= 15 is 0 Å². The predicted molar refractivity (Wildman–Crippen MR) is 80.4 cm³/mol. The highest BCUT2D eigenvalue weighted by atomic mass is 16.6. The Hall–Kier alpha value is -2.04. The number of hydrogen-bond acceptors (Lipinski definition) is 4. The summed E-state index contributed by atoms with van der Waals surface area (Å²) in [5, 5.41) is 2.71. The van der Waals surface area contributed by atoms with E-state index in [1.165, 1.54) is 0 Å². The van der Waals surface area contributed by atoms with Crippen LogP contribution >= 0.6 is 0 Å². The Balaban J connectivity index is 2.76. The number of alkyl carbamates (subject to hydrolysis) is 1. The minimum Gasteiger partial charge on any atom is -0.494 e. The molecular weight excluding hydrogens is 270 g/mol. The first-order chi connectivity index (χ1) is 9.85. The fourth-order valence-electron chi connectivity index (χ4n) is 1.79. The van der Waals surface area contributed by atoms with E-state index < -0.39 is 17.7 Å². The monoisotopic (exact) mass is 293 g/mol. The van der Waals surface area contributed by atoms with Crippen molar-refractivity contribution in [2.24, 2.45) is 0 Å². The van der Waals surface area contributed by atoms with Crippen molar-refractivity contribution in [3.63, 3.8) is 0 Å². The molecule has 0 bridgehead atoms. The van der Waals surface area contributed by atoms with Gasteiger partial charge in [0.05, 0.1) is 12.6 Å². The highest BCUT2D eigenvalue weighted by Gasteiger charge is 2.20. The third kappa shape index (κ3) is 6.29. The fourth-order valence-corrected chi connectivity index (χ4v) is 1.79. The van der Waals surface area contributed by atoms with Crippen LogP contribution in [-0.2, 0) is 9.53 Å². The molecule has 0 radical (unpaired) electrons. The molecule has 0 fully saturated rings. The number of hydrogen-bond donors (Lipinski definition) is 1. The van der Waals surface area contributed by atoms with E-state index in [0.29, 0.717) is 6.61 Å². The molecule has 21 heavy (non-hydrogen) atoms. The van der Waals surface area contributed by atoms with Crippen LogP contribution in [0.5, 0.6) is 5.75 Å². The van der Waals surface area contributed by atoms with Gasteiger partial charge in [-0.2, -0.15) is 0 Å². The number of nitrogens with one attached hydrogen (secondary N) is 1. The van der Waals surface area contributed by atoms with Gasteiger partial charge in [0.15, 0.2) is 0 Å². The smallest absolute Gasteiger partial charge is 0.408 e. The van der Waals surface area contributed by atoms with Crippen LogP contribution in [0.2, 0.25) is 0 Å². The first-order valence-electron chi connectivity index (χ1n) is 7.01. The molecule has 0 saturated carbocycles.